The number of alkyl halides is 3. The summed E-state index contributed by atoms with van der Waals surface area (Å²) in [5, 5.41) is 2.77. The Morgan fingerprint density at radius 2 is 1.85 bits per heavy atom. The van der Waals surface area contributed by atoms with Gasteiger partial charge in [-0.1, -0.05) is 49.7 Å². The van der Waals surface area contributed by atoms with Gasteiger partial charge < -0.3 is 19.9 Å². The maximum atomic E-state index is 13.3. The number of nitrogens with one attached hydrogen (secondary N) is 1. The van der Waals surface area contributed by atoms with Crippen LogP contribution < -0.4 is 10.1 Å². The van der Waals surface area contributed by atoms with Gasteiger partial charge in [-0.15, -0.1) is 13.2 Å². The molecular formula is C25H32F3N3O2. The van der Waals surface area contributed by atoms with Crippen LogP contribution in [0.3, 0.4) is 0 Å². The molecule has 1 aliphatic heterocycles. The predicted molar refractivity (Wildman–Crippen MR) is 123 cm³/mol. The minimum absolute atomic E-state index is 0.0462. The van der Waals surface area contributed by atoms with E-state index in [1.54, 1.807) is 11.0 Å². The van der Waals surface area contributed by atoms with Gasteiger partial charge in [0.1, 0.15) is 5.75 Å². The maximum Gasteiger partial charge on any atom is 0.573 e. The SMILES string of the molecule is CCCC(C)N1CCC(N(Cc2ccccc2)C(=O)Nc2cccc(OC(F)(F)F)c2)CC1. The van der Waals surface area contributed by atoms with Gasteiger partial charge in [-0.2, -0.15) is 0 Å². The predicted octanol–water partition coefficient (Wildman–Crippen LogP) is 6.27. The molecule has 0 aromatic heterocycles. The zero-order valence-corrected chi connectivity index (χ0v) is 19.1. The van der Waals surface area contributed by atoms with Crippen LogP contribution >= 0.6 is 0 Å². The lowest BCUT2D eigenvalue weighted by molar-refractivity contribution is -0.274. The van der Waals surface area contributed by atoms with Crippen molar-refractivity contribution in [2.24, 2.45) is 0 Å². The molecule has 1 atom stereocenters. The van der Waals surface area contributed by atoms with Gasteiger partial charge in [-0.3, -0.25) is 0 Å². The van der Waals surface area contributed by atoms with E-state index in [0.29, 0.717) is 12.6 Å². The molecule has 3 rings (SSSR count). The Morgan fingerprint density at radius 3 is 2.48 bits per heavy atom. The van der Waals surface area contributed by atoms with Crippen molar-refractivity contribution in [3.8, 4) is 5.75 Å². The van der Waals surface area contributed by atoms with Crippen molar-refractivity contribution in [2.45, 2.75) is 64.5 Å². The zero-order chi connectivity index (χ0) is 23.8. The van der Waals surface area contributed by atoms with Crippen LogP contribution in [-0.4, -0.2) is 47.4 Å². The molecule has 2 aromatic rings. The number of benzene rings is 2. The Morgan fingerprint density at radius 1 is 1.15 bits per heavy atom. The quantitative estimate of drug-likeness (QED) is 0.502. The van der Waals surface area contributed by atoms with Crippen molar-refractivity contribution in [3.63, 3.8) is 0 Å². The van der Waals surface area contributed by atoms with Crippen LogP contribution in [-0.2, 0) is 6.54 Å². The molecule has 0 spiro atoms. The van der Waals surface area contributed by atoms with E-state index in [0.717, 1.165) is 44.3 Å². The average Bonchev–Trinajstić information content (AvgIpc) is 2.77. The molecule has 0 saturated carbocycles. The molecule has 0 aliphatic carbocycles. The third kappa shape index (κ3) is 7.67. The fraction of sp³-hybridized carbons (Fsp3) is 0.480. The Kier molecular flexibility index (Phi) is 8.61. The second-order valence-electron chi connectivity index (χ2n) is 8.52. The highest BCUT2D eigenvalue weighted by atomic mass is 19.4. The molecule has 1 unspecified atom stereocenters. The highest BCUT2D eigenvalue weighted by molar-refractivity contribution is 5.89. The van der Waals surface area contributed by atoms with Crippen LogP contribution in [0, 0.1) is 0 Å². The number of hydrogen-bond donors (Lipinski definition) is 1. The van der Waals surface area contributed by atoms with Gasteiger partial charge in [0.25, 0.3) is 0 Å². The molecule has 33 heavy (non-hydrogen) atoms. The number of urea groups is 1. The summed E-state index contributed by atoms with van der Waals surface area (Å²) in [6, 6.07) is 15.3. The molecule has 2 amide bonds. The summed E-state index contributed by atoms with van der Waals surface area (Å²) >= 11 is 0. The summed E-state index contributed by atoms with van der Waals surface area (Å²) in [7, 11) is 0. The number of likely N-dealkylation sites (tertiary alicyclic amines) is 1. The molecule has 1 saturated heterocycles. The molecule has 1 fully saturated rings. The smallest absolute Gasteiger partial charge is 0.406 e. The summed E-state index contributed by atoms with van der Waals surface area (Å²) < 4.78 is 41.7. The van der Waals surface area contributed by atoms with E-state index in [1.165, 1.54) is 18.2 Å². The van der Waals surface area contributed by atoms with Crippen LogP contribution in [0.25, 0.3) is 0 Å². The molecule has 180 valence electrons. The van der Waals surface area contributed by atoms with Gasteiger partial charge in [0.15, 0.2) is 0 Å². The first-order chi connectivity index (χ1) is 15.7. The molecule has 1 aliphatic rings. The number of piperidine rings is 1. The highest BCUT2D eigenvalue weighted by Gasteiger charge is 2.32. The van der Waals surface area contributed by atoms with Crippen molar-refractivity contribution >= 4 is 11.7 Å². The standard InChI is InChI=1S/C25H32F3N3O2/c1-3-8-19(2)30-15-13-22(14-16-30)31(18-20-9-5-4-6-10-20)24(32)29-21-11-7-12-23(17-21)33-25(26,27)28/h4-7,9-12,17,19,22H,3,8,13-16,18H2,1-2H3,(H,29,32). The molecular weight excluding hydrogens is 431 g/mol. The van der Waals surface area contributed by atoms with Gasteiger partial charge in [-0.25, -0.2) is 4.79 Å². The topological polar surface area (TPSA) is 44.8 Å². The Balaban J connectivity index is 1.72. The van der Waals surface area contributed by atoms with E-state index >= 15 is 0 Å². The summed E-state index contributed by atoms with van der Waals surface area (Å²) in [5.41, 5.74) is 1.26. The van der Waals surface area contributed by atoms with E-state index < -0.39 is 6.36 Å². The van der Waals surface area contributed by atoms with Crippen LogP contribution in [0.2, 0.25) is 0 Å². The molecule has 0 radical (unpaired) electrons. The minimum atomic E-state index is -4.79. The Bertz CT molecular complexity index is 884. The van der Waals surface area contributed by atoms with Crippen molar-refractivity contribution < 1.29 is 22.7 Å². The van der Waals surface area contributed by atoms with Crippen molar-refractivity contribution in [1.82, 2.24) is 9.80 Å². The molecule has 1 N–H and O–H groups in total. The molecule has 0 bridgehead atoms. The summed E-state index contributed by atoms with van der Waals surface area (Å²) in [4.78, 5) is 17.5. The summed E-state index contributed by atoms with van der Waals surface area (Å²) in [6.07, 6.45) is -0.794. The first kappa shape index (κ1) is 24.9. The second kappa shape index (κ2) is 11.4. The Labute approximate surface area is 193 Å². The summed E-state index contributed by atoms with van der Waals surface area (Å²) in [6.45, 7) is 6.69. The van der Waals surface area contributed by atoms with Crippen molar-refractivity contribution in [2.75, 3.05) is 18.4 Å². The molecule has 1 heterocycles. The molecule has 5 nitrogen and oxygen atoms in total. The van der Waals surface area contributed by atoms with Crippen LogP contribution in [0.4, 0.5) is 23.7 Å². The lowest BCUT2D eigenvalue weighted by Crippen LogP contribution is -2.50. The van der Waals surface area contributed by atoms with E-state index in [-0.39, 0.29) is 23.5 Å². The number of carbonyl (C=O) groups is 1. The monoisotopic (exact) mass is 463 g/mol. The van der Waals surface area contributed by atoms with E-state index in [9.17, 15) is 18.0 Å². The molecule has 8 heteroatoms. The number of hydrogen-bond acceptors (Lipinski definition) is 3. The fourth-order valence-electron chi connectivity index (χ4n) is 4.35. The number of rotatable bonds is 8. The second-order valence-corrected chi connectivity index (χ2v) is 8.52. The van der Waals surface area contributed by atoms with Crippen LogP contribution in [0.5, 0.6) is 5.75 Å². The minimum Gasteiger partial charge on any atom is -0.406 e. The van der Waals surface area contributed by atoms with E-state index in [4.69, 9.17) is 0 Å². The van der Waals surface area contributed by atoms with Crippen LogP contribution in [0.1, 0.15) is 45.1 Å². The number of anilines is 1. The lowest BCUT2D eigenvalue weighted by atomic mass is 10.00. The maximum absolute atomic E-state index is 13.3. The first-order valence-electron chi connectivity index (χ1n) is 11.5. The third-order valence-electron chi connectivity index (χ3n) is 6.05. The van der Waals surface area contributed by atoms with Gasteiger partial charge in [0, 0.05) is 43.5 Å². The van der Waals surface area contributed by atoms with Gasteiger partial charge in [0.05, 0.1) is 0 Å². The summed E-state index contributed by atoms with van der Waals surface area (Å²) in [5.74, 6) is -0.367. The van der Waals surface area contributed by atoms with Crippen LogP contribution in [0.15, 0.2) is 54.6 Å². The van der Waals surface area contributed by atoms with E-state index in [1.807, 2.05) is 30.3 Å². The van der Waals surface area contributed by atoms with Crippen molar-refractivity contribution in [3.05, 3.63) is 60.2 Å². The third-order valence-corrected chi connectivity index (χ3v) is 6.05. The number of amides is 2. The highest BCUT2D eigenvalue weighted by Crippen LogP contribution is 2.26. The number of nitrogens with zero attached hydrogens (tertiary/aromatic N) is 2. The van der Waals surface area contributed by atoms with Gasteiger partial charge in [0.2, 0.25) is 0 Å². The Hall–Kier alpha value is -2.74. The number of carbonyl (C=O) groups excluding carboxylic acids is 1. The van der Waals surface area contributed by atoms with Gasteiger partial charge in [-0.05, 0) is 43.9 Å². The number of ether oxygens (including phenoxy) is 1. The lowest BCUT2D eigenvalue weighted by Gasteiger charge is -2.40. The fourth-order valence-corrected chi connectivity index (χ4v) is 4.35. The van der Waals surface area contributed by atoms with Crippen molar-refractivity contribution in [1.29, 1.82) is 0 Å². The van der Waals surface area contributed by atoms with E-state index in [2.05, 4.69) is 28.8 Å². The number of halogens is 3. The normalized spacial score (nSPS) is 16.3. The largest absolute Gasteiger partial charge is 0.573 e. The molecule has 2 aromatic carbocycles. The first-order valence-corrected chi connectivity index (χ1v) is 11.5. The average molecular weight is 464 g/mol. The zero-order valence-electron chi connectivity index (χ0n) is 19.1. The van der Waals surface area contributed by atoms with Gasteiger partial charge >= 0.3 is 12.4 Å².